The maximum absolute atomic E-state index is 13.0. The van der Waals surface area contributed by atoms with Crippen molar-refractivity contribution in [1.82, 2.24) is 19.9 Å². The first-order valence-corrected chi connectivity index (χ1v) is 19.5. The Bertz CT molecular complexity index is 1680. The summed E-state index contributed by atoms with van der Waals surface area (Å²) >= 11 is 0. The monoisotopic (exact) mass is 732 g/mol. The lowest BCUT2D eigenvalue weighted by Crippen LogP contribution is -2.39. The zero-order valence-electron chi connectivity index (χ0n) is 29.8. The summed E-state index contributed by atoms with van der Waals surface area (Å²) in [7, 11) is -3.79. The van der Waals surface area contributed by atoms with Gasteiger partial charge in [-0.15, -0.1) is 4.83 Å². The van der Waals surface area contributed by atoms with Crippen LogP contribution >= 0.6 is 8.53 Å². The Hall–Kier alpha value is -3.79. The predicted octanol–water partition coefficient (Wildman–Crippen LogP) is 4.59. The molecule has 0 bridgehead atoms. The molecule has 0 saturated carbocycles. The molecule has 3 aromatic rings. The summed E-state index contributed by atoms with van der Waals surface area (Å²) in [6.45, 7) is 12.5. The van der Waals surface area contributed by atoms with E-state index in [0.29, 0.717) is 30.3 Å². The van der Waals surface area contributed by atoms with E-state index >= 15 is 0 Å². The Morgan fingerprint density at radius 2 is 1.84 bits per heavy atom. The molecule has 50 heavy (non-hydrogen) atoms. The van der Waals surface area contributed by atoms with Crippen molar-refractivity contribution in [3.8, 4) is 5.75 Å². The number of ether oxygens (including phenoxy) is 2. The second kappa shape index (κ2) is 17.4. The first kappa shape index (κ1) is 39.0. The molecule has 0 aliphatic carbocycles. The maximum Gasteiger partial charge on any atom is 0.323 e. The zero-order chi connectivity index (χ0) is 36.6. The van der Waals surface area contributed by atoms with E-state index in [0.717, 1.165) is 22.9 Å². The van der Waals surface area contributed by atoms with E-state index in [4.69, 9.17) is 24.3 Å². The number of nitrogens with one attached hydrogen (secondary N) is 3. The minimum atomic E-state index is -3.56. The number of fused-ring (bicyclic) bond motifs is 1. The van der Waals surface area contributed by atoms with Gasteiger partial charge >= 0.3 is 14.5 Å². The largest absolute Gasteiger partial charge is 0.460 e. The van der Waals surface area contributed by atoms with E-state index in [-0.39, 0.29) is 43.2 Å². The molecule has 2 aromatic carbocycles. The minimum absolute atomic E-state index is 0.0124. The van der Waals surface area contributed by atoms with Crippen molar-refractivity contribution in [2.75, 3.05) is 47.5 Å². The molecule has 5 atom stereocenters. The number of nitrogens with two attached hydrogens (primary N) is 1. The molecule has 5 unspecified atom stereocenters. The summed E-state index contributed by atoms with van der Waals surface area (Å²) in [6.07, 6.45) is 1.06. The van der Waals surface area contributed by atoms with Gasteiger partial charge in [-0.05, 0) is 56.0 Å². The van der Waals surface area contributed by atoms with Crippen molar-refractivity contribution in [3.63, 3.8) is 0 Å². The molecule has 1 fully saturated rings. The summed E-state index contributed by atoms with van der Waals surface area (Å²) in [6, 6.07) is 14.5. The van der Waals surface area contributed by atoms with Gasteiger partial charge in [-0.25, -0.2) is 13.5 Å². The van der Waals surface area contributed by atoms with Crippen molar-refractivity contribution in [2.24, 2.45) is 5.92 Å². The fraction of sp³-hybridized carbons (Fsp3) is 0.485. The van der Waals surface area contributed by atoms with Crippen molar-refractivity contribution >= 4 is 47.8 Å². The summed E-state index contributed by atoms with van der Waals surface area (Å²) in [4.78, 5) is 26.0. The normalized spacial score (nSPS) is 19.4. The third kappa shape index (κ3) is 10.1. The number of carbonyl (C=O) groups is 1. The van der Waals surface area contributed by atoms with E-state index in [1.807, 2.05) is 81.1 Å². The molecule has 5 N–H and O–H groups in total. The molecule has 1 aromatic heterocycles. The zero-order valence-corrected chi connectivity index (χ0v) is 31.5. The number of para-hydroxylation sites is 1. The number of benzene rings is 2. The number of hydrogen-bond acceptors (Lipinski definition) is 14. The number of anilines is 4. The number of aromatic nitrogens is 2. The lowest BCUT2D eigenvalue weighted by atomic mass is 10.0. The molecule has 17 heteroatoms. The number of carbonyl (C=O) groups excluding carboxylic acids is 1. The van der Waals surface area contributed by atoms with Crippen LogP contribution in [0.5, 0.6) is 5.75 Å². The van der Waals surface area contributed by atoms with Gasteiger partial charge in [0, 0.05) is 13.0 Å². The quantitative estimate of drug-likeness (QED) is 0.103. The lowest BCUT2D eigenvalue weighted by Gasteiger charge is -2.28. The van der Waals surface area contributed by atoms with Crippen LogP contribution in [0, 0.1) is 19.8 Å². The van der Waals surface area contributed by atoms with E-state index in [1.165, 1.54) is 12.1 Å². The van der Waals surface area contributed by atoms with Gasteiger partial charge in [-0.3, -0.25) is 9.80 Å². The summed E-state index contributed by atoms with van der Waals surface area (Å²) in [5, 5.41) is 7.70. The highest BCUT2D eigenvalue weighted by molar-refractivity contribution is 7.88. The molecule has 2 aliphatic rings. The highest BCUT2D eigenvalue weighted by Crippen LogP contribution is 2.43. The maximum atomic E-state index is 13.0. The molecular weight excluding hydrogens is 683 g/mol. The first-order chi connectivity index (χ1) is 23.8. The Balaban J connectivity index is 0.00000276. The van der Waals surface area contributed by atoms with Gasteiger partial charge in [-0.2, -0.15) is 9.97 Å². The number of sulfonamides is 1. The van der Waals surface area contributed by atoms with E-state index in [2.05, 4.69) is 32.1 Å². The third-order valence-corrected chi connectivity index (χ3v) is 9.90. The predicted molar refractivity (Wildman–Crippen MR) is 196 cm³/mol. The van der Waals surface area contributed by atoms with Crippen LogP contribution in [0.2, 0.25) is 0 Å². The Kier molecular flexibility index (Phi) is 13.6. The second-order valence-corrected chi connectivity index (χ2v) is 14.9. The standard InChI is InChI=1S/C31H43N8O7PS.C2H6/c1-19-11-10-12-20(2)25(19)17-43-30(40)22(4)36-47(46-23-13-8-7-9-14-23)44-16-24-15-21(3)29(45-24)39-18-33-26-27(34-31(32)35-28(26)39)38(5)37-48(6,41)42;1-2/h7-14,21-22,24,29,33,36-37H,15-18H2,1-6H3,(H2,32,34,35);1-2H3. The molecule has 3 heterocycles. The van der Waals surface area contributed by atoms with Crippen LogP contribution in [0.3, 0.4) is 0 Å². The molecule has 2 aliphatic heterocycles. The van der Waals surface area contributed by atoms with Crippen LogP contribution in [-0.4, -0.2) is 69.3 Å². The van der Waals surface area contributed by atoms with Crippen molar-refractivity contribution in [1.29, 1.82) is 0 Å². The van der Waals surface area contributed by atoms with Gasteiger partial charge in [0.15, 0.2) is 11.6 Å². The molecule has 0 spiro atoms. The number of rotatable bonds is 14. The fourth-order valence-corrected chi connectivity index (χ4v) is 7.38. The fourth-order valence-electron chi connectivity index (χ4n) is 5.58. The molecule has 1 saturated heterocycles. The first-order valence-electron chi connectivity index (χ1n) is 16.5. The number of nitrogen functional groups attached to an aromatic ring is 1. The highest BCUT2D eigenvalue weighted by atomic mass is 32.2. The van der Waals surface area contributed by atoms with Crippen molar-refractivity contribution in [2.45, 2.75) is 72.9 Å². The van der Waals surface area contributed by atoms with E-state index in [9.17, 15) is 13.2 Å². The van der Waals surface area contributed by atoms with Gasteiger partial charge < -0.3 is 34.5 Å². The molecular formula is C33H49N8O7PS. The summed E-state index contributed by atoms with van der Waals surface area (Å²) in [5.41, 5.74) is 9.67. The van der Waals surface area contributed by atoms with Crippen LogP contribution in [0.4, 0.5) is 23.3 Å². The van der Waals surface area contributed by atoms with Gasteiger partial charge in [0.2, 0.25) is 16.0 Å². The number of nitrogens with zero attached hydrogens (tertiary/aromatic N) is 4. The highest BCUT2D eigenvalue weighted by Gasteiger charge is 2.41. The van der Waals surface area contributed by atoms with Gasteiger partial charge in [0.25, 0.3) is 0 Å². The topological polar surface area (TPSA) is 182 Å². The number of esters is 1. The molecule has 274 valence electrons. The summed E-state index contributed by atoms with van der Waals surface area (Å²) in [5.74, 6) is 1.02. The van der Waals surface area contributed by atoms with E-state index in [1.54, 1.807) is 6.92 Å². The number of hydrazine groups is 1. The van der Waals surface area contributed by atoms with Gasteiger partial charge in [0.05, 0.1) is 25.6 Å². The molecule has 0 radical (unpaired) electrons. The van der Waals surface area contributed by atoms with Crippen LogP contribution in [0.1, 0.15) is 50.8 Å². The molecule has 15 nitrogen and oxygen atoms in total. The van der Waals surface area contributed by atoms with Gasteiger partial charge in [0.1, 0.15) is 30.3 Å². The van der Waals surface area contributed by atoms with Crippen LogP contribution in [-0.2, 0) is 35.4 Å². The SMILES string of the molecule is CC.Cc1cccc(C)c1COC(=O)C(C)NP(OCC1CC(C)C(N2CNc3c(N(C)NS(C)(=O)=O)nc(N)nc32)O1)Oc1ccccc1. The lowest BCUT2D eigenvalue weighted by molar-refractivity contribution is -0.146. The van der Waals surface area contributed by atoms with Crippen molar-refractivity contribution < 1.29 is 31.7 Å². The van der Waals surface area contributed by atoms with Crippen LogP contribution < -0.4 is 35.4 Å². The smallest absolute Gasteiger partial charge is 0.323 e. The molecule has 5 rings (SSSR count). The summed E-state index contributed by atoms with van der Waals surface area (Å²) < 4.78 is 48.2. The third-order valence-electron chi connectivity index (χ3n) is 7.93. The Morgan fingerprint density at radius 3 is 2.50 bits per heavy atom. The average Bonchev–Trinajstić information content (AvgIpc) is 3.65. The number of aryl methyl sites for hydroxylation is 2. The second-order valence-electron chi connectivity index (χ2n) is 12.0. The van der Waals surface area contributed by atoms with Crippen LogP contribution in [0.25, 0.3) is 0 Å². The molecule has 0 amide bonds. The van der Waals surface area contributed by atoms with Crippen molar-refractivity contribution in [3.05, 3.63) is 65.2 Å². The Labute approximate surface area is 296 Å². The minimum Gasteiger partial charge on any atom is -0.460 e. The number of hydrogen-bond donors (Lipinski definition) is 4. The average molecular weight is 733 g/mol. The van der Waals surface area contributed by atoms with Crippen LogP contribution in [0.15, 0.2) is 48.5 Å². The van der Waals surface area contributed by atoms with E-state index < -0.39 is 30.6 Å². The van der Waals surface area contributed by atoms with Gasteiger partial charge in [-0.1, -0.05) is 57.2 Å². The Morgan fingerprint density at radius 1 is 1.16 bits per heavy atom.